The van der Waals surface area contributed by atoms with Crippen molar-refractivity contribution in [2.24, 2.45) is 0 Å². The lowest BCUT2D eigenvalue weighted by atomic mass is 10.3. The molecule has 1 saturated heterocycles. The average Bonchev–Trinajstić information content (AvgIpc) is 2.89. The van der Waals surface area contributed by atoms with Crippen molar-refractivity contribution in [3.63, 3.8) is 0 Å². The number of aromatic nitrogens is 3. The van der Waals surface area contributed by atoms with Crippen molar-refractivity contribution in [3.8, 4) is 0 Å². The second-order valence-corrected chi connectivity index (χ2v) is 4.22. The van der Waals surface area contributed by atoms with Crippen LogP contribution in [0.1, 0.15) is 13.3 Å². The number of hydrogen-bond donors (Lipinski definition) is 0. The van der Waals surface area contributed by atoms with Crippen molar-refractivity contribution < 1.29 is 4.79 Å². The van der Waals surface area contributed by atoms with Crippen molar-refractivity contribution in [1.29, 1.82) is 0 Å². The van der Waals surface area contributed by atoms with E-state index in [4.69, 9.17) is 0 Å². The van der Waals surface area contributed by atoms with Gasteiger partial charge in [0, 0.05) is 32.6 Å². The Bertz CT molecular complexity index is 343. The van der Waals surface area contributed by atoms with Crippen LogP contribution in [0.2, 0.25) is 0 Å². The summed E-state index contributed by atoms with van der Waals surface area (Å²) in [6.45, 7) is 7.53. The number of amides is 1. The van der Waals surface area contributed by atoms with Gasteiger partial charge < -0.3 is 9.80 Å². The Labute approximate surface area is 101 Å². The Morgan fingerprint density at radius 3 is 2.65 bits per heavy atom. The summed E-state index contributed by atoms with van der Waals surface area (Å²) in [5, 5.41) is 3.99. The molecule has 2 rings (SSSR count). The van der Waals surface area contributed by atoms with Gasteiger partial charge in [-0.15, -0.1) is 0 Å². The van der Waals surface area contributed by atoms with Gasteiger partial charge in [0.15, 0.2) is 0 Å². The summed E-state index contributed by atoms with van der Waals surface area (Å²) >= 11 is 0. The molecule has 1 fully saturated rings. The van der Waals surface area contributed by atoms with E-state index >= 15 is 0 Å². The lowest BCUT2D eigenvalue weighted by molar-refractivity contribution is -0.133. The molecule has 1 aliphatic rings. The Morgan fingerprint density at radius 1 is 1.29 bits per heavy atom. The number of carbonyl (C=O) groups excluding carboxylic acids is 1. The quantitative estimate of drug-likeness (QED) is 0.730. The molecular formula is C11H19N5O. The molecule has 0 radical (unpaired) electrons. The minimum atomic E-state index is 0.219. The fourth-order valence-electron chi connectivity index (χ4n) is 2.03. The monoisotopic (exact) mass is 237 g/mol. The maximum absolute atomic E-state index is 11.9. The van der Waals surface area contributed by atoms with Crippen LogP contribution in [0.25, 0.3) is 0 Å². The summed E-state index contributed by atoms with van der Waals surface area (Å²) in [6.07, 6.45) is 3.64. The summed E-state index contributed by atoms with van der Waals surface area (Å²) in [5.41, 5.74) is 0. The largest absolute Gasteiger partial charge is 0.340 e. The molecule has 0 aliphatic carbocycles. The van der Waals surface area contributed by atoms with Crippen LogP contribution in [-0.4, -0.2) is 63.2 Å². The van der Waals surface area contributed by atoms with Crippen molar-refractivity contribution in [2.75, 3.05) is 32.7 Å². The smallest absolute Gasteiger partial charge is 0.224 e. The zero-order valence-electron chi connectivity index (χ0n) is 10.2. The van der Waals surface area contributed by atoms with E-state index < -0.39 is 0 Å². The van der Waals surface area contributed by atoms with Crippen LogP contribution in [-0.2, 0) is 11.3 Å². The lowest BCUT2D eigenvalue weighted by Gasteiger charge is -2.34. The molecule has 0 spiro atoms. The van der Waals surface area contributed by atoms with E-state index in [9.17, 15) is 4.79 Å². The van der Waals surface area contributed by atoms with Crippen LogP contribution < -0.4 is 0 Å². The van der Waals surface area contributed by atoms with Gasteiger partial charge >= 0.3 is 0 Å². The van der Waals surface area contributed by atoms with Crippen LogP contribution in [0.3, 0.4) is 0 Å². The Kier molecular flexibility index (Phi) is 4.08. The summed E-state index contributed by atoms with van der Waals surface area (Å²) in [7, 11) is 0. The topological polar surface area (TPSA) is 54.3 Å². The third-order valence-corrected chi connectivity index (χ3v) is 3.19. The molecule has 6 heteroatoms. The molecule has 1 aliphatic heterocycles. The molecule has 0 saturated carbocycles. The lowest BCUT2D eigenvalue weighted by Crippen LogP contribution is -2.48. The highest BCUT2D eigenvalue weighted by atomic mass is 16.2. The van der Waals surface area contributed by atoms with Gasteiger partial charge in [0.25, 0.3) is 0 Å². The van der Waals surface area contributed by atoms with Gasteiger partial charge in [0.1, 0.15) is 12.7 Å². The summed E-state index contributed by atoms with van der Waals surface area (Å²) in [5.74, 6) is 0.219. The minimum Gasteiger partial charge on any atom is -0.340 e. The second-order valence-electron chi connectivity index (χ2n) is 4.22. The predicted molar refractivity (Wildman–Crippen MR) is 63.3 cm³/mol. The summed E-state index contributed by atoms with van der Waals surface area (Å²) < 4.78 is 1.69. The number of nitrogens with zero attached hydrogens (tertiary/aromatic N) is 5. The maximum Gasteiger partial charge on any atom is 0.224 e. The van der Waals surface area contributed by atoms with Crippen LogP contribution in [0.5, 0.6) is 0 Å². The Hall–Kier alpha value is -1.43. The predicted octanol–water partition coefficient (Wildman–Crippen LogP) is -0.168. The molecule has 0 bridgehead atoms. The fourth-order valence-corrected chi connectivity index (χ4v) is 2.03. The number of aryl methyl sites for hydroxylation is 1. The molecule has 2 heterocycles. The minimum absolute atomic E-state index is 0.219. The van der Waals surface area contributed by atoms with Gasteiger partial charge in [-0.2, -0.15) is 5.10 Å². The van der Waals surface area contributed by atoms with Crippen LogP contribution in [0.15, 0.2) is 12.7 Å². The zero-order chi connectivity index (χ0) is 12.1. The molecular weight excluding hydrogens is 218 g/mol. The van der Waals surface area contributed by atoms with Gasteiger partial charge in [0.2, 0.25) is 5.91 Å². The van der Waals surface area contributed by atoms with Crippen LogP contribution in [0, 0.1) is 0 Å². The molecule has 0 aromatic carbocycles. The first-order valence-corrected chi connectivity index (χ1v) is 6.12. The number of piperazine rings is 1. The standard InChI is InChI=1S/C11H19N5O/c1-2-14-5-7-15(8-6-14)11(17)3-4-16-10-12-9-13-16/h9-10H,2-8H2,1H3. The summed E-state index contributed by atoms with van der Waals surface area (Å²) in [6, 6.07) is 0. The number of carbonyl (C=O) groups is 1. The van der Waals surface area contributed by atoms with Crippen LogP contribution >= 0.6 is 0 Å². The Balaban J connectivity index is 1.73. The zero-order valence-corrected chi connectivity index (χ0v) is 10.2. The molecule has 1 amide bonds. The molecule has 17 heavy (non-hydrogen) atoms. The third kappa shape index (κ3) is 3.26. The van der Waals surface area contributed by atoms with Gasteiger partial charge in [-0.05, 0) is 6.54 Å². The number of hydrogen-bond acceptors (Lipinski definition) is 4. The van der Waals surface area contributed by atoms with E-state index in [-0.39, 0.29) is 5.91 Å². The highest BCUT2D eigenvalue weighted by Crippen LogP contribution is 2.04. The van der Waals surface area contributed by atoms with E-state index in [0.29, 0.717) is 13.0 Å². The first-order valence-electron chi connectivity index (χ1n) is 6.12. The third-order valence-electron chi connectivity index (χ3n) is 3.19. The highest BCUT2D eigenvalue weighted by Gasteiger charge is 2.19. The average molecular weight is 237 g/mol. The van der Waals surface area contributed by atoms with Gasteiger partial charge in [0.05, 0.1) is 6.54 Å². The van der Waals surface area contributed by atoms with E-state index in [1.807, 2.05) is 4.90 Å². The van der Waals surface area contributed by atoms with Gasteiger partial charge in [-0.3, -0.25) is 9.48 Å². The molecule has 0 unspecified atom stereocenters. The van der Waals surface area contributed by atoms with E-state index in [1.165, 1.54) is 6.33 Å². The second kappa shape index (κ2) is 5.77. The molecule has 94 valence electrons. The molecule has 1 aromatic rings. The Morgan fingerprint density at radius 2 is 2.06 bits per heavy atom. The fraction of sp³-hybridized carbons (Fsp3) is 0.727. The van der Waals surface area contributed by atoms with Crippen molar-refractivity contribution in [1.82, 2.24) is 24.6 Å². The number of likely N-dealkylation sites (N-methyl/N-ethyl adjacent to an activating group) is 1. The van der Waals surface area contributed by atoms with Crippen LogP contribution in [0.4, 0.5) is 0 Å². The van der Waals surface area contributed by atoms with E-state index in [0.717, 1.165) is 32.7 Å². The van der Waals surface area contributed by atoms with Crippen molar-refractivity contribution in [2.45, 2.75) is 19.9 Å². The maximum atomic E-state index is 11.9. The molecule has 0 atom stereocenters. The molecule has 1 aromatic heterocycles. The van der Waals surface area contributed by atoms with E-state index in [2.05, 4.69) is 21.9 Å². The van der Waals surface area contributed by atoms with Gasteiger partial charge in [-0.1, -0.05) is 6.92 Å². The summed E-state index contributed by atoms with van der Waals surface area (Å²) in [4.78, 5) is 20.1. The van der Waals surface area contributed by atoms with Crippen molar-refractivity contribution >= 4 is 5.91 Å². The SMILES string of the molecule is CCN1CCN(C(=O)CCn2cncn2)CC1. The number of rotatable bonds is 4. The normalized spacial score (nSPS) is 17.4. The molecule has 6 nitrogen and oxygen atoms in total. The van der Waals surface area contributed by atoms with E-state index in [1.54, 1.807) is 11.0 Å². The molecule has 0 N–H and O–H groups in total. The highest BCUT2D eigenvalue weighted by molar-refractivity contribution is 5.76. The van der Waals surface area contributed by atoms with Crippen molar-refractivity contribution in [3.05, 3.63) is 12.7 Å². The first kappa shape index (κ1) is 12.0. The van der Waals surface area contributed by atoms with Gasteiger partial charge in [-0.25, -0.2) is 4.98 Å². The first-order chi connectivity index (χ1) is 8.29.